The van der Waals surface area contributed by atoms with Crippen molar-refractivity contribution in [2.24, 2.45) is 0 Å². The molecule has 20 heavy (non-hydrogen) atoms. The van der Waals surface area contributed by atoms with Gasteiger partial charge in [0.25, 0.3) is 0 Å². The molecule has 0 aliphatic rings. The molecule has 0 amide bonds. The van der Waals surface area contributed by atoms with Gasteiger partial charge in [-0.2, -0.15) is 0 Å². The molecule has 0 aliphatic heterocycles. The van der Waals surface area contributed by atoms with Gasteiger partial charge in [-0.1, -0.05) is 6.07 Å². The lowest BCUT2D eigenvalue weighted by molar-refractivity contribution is 0.0608. The van der Waals surface area contributed by atoms with Gasteiger partial charge in [0, 0.05) is 11.3 Å². The van der Waals surface area contributed by atoms with Gasteiger partial charge in [0.2, 0.25) is 0 Å². The molecule has 0 bridgehead atoms. The third-order valence-corrected chi connectivity index (χ3v) is 4.62. The largest absolute Gasteiger partial charge is 0.493 e. The number of methoxy groups -OCH3 is 2. The van der Waals surface area contributed by atoms with Crippen LogP contribution in [0.4, 0.5) is 0 Å². The Hall–Kier alpha value is -1.52. The van der Waals surface area contributed by atoms with Gasteiger partial charge in [0.1, 0.15) is 5.60 Å². The van der Waals surface area contributed by atoms with Gasteiger partial charge < -0.3 is 14.6 Å². The van der Waals surface area contributed by atoms with Crippen LogP contribution >= 0.6 is 11.3 Å². The maximum atomic E-state index is 10.7. The molecular weight excluding hydrogens is 272 g/mol. The number of aliphatic hydroxyl groups is 1. The molecular formula is C16H20O3S. The van der Waals surface area contributed by atoms with Crippen molar-refractivity contribution in [1.82, 2.24) is 0 Å². The Balaban J connectivity index is 2.27. The van der Waals surface area contributed by atoms with Crippen LogP contribution in [0.1, 0.15) is 22.9 Å². The highest BCUT2D eigenvalue weighted by molar-refractivity contribution is 7.10. The molecule has 1 unspecified atom stereocenters. The normalized spacial score (nSPS) is 13.8. The Morgan fingerprint density at radius 1 is 1.15 bits per heavy atom. The van der Waals surface area contributed by atoms with Crippen molar-refractivity contribution in [3.05, 3.63) is 45.6 Å². The van der Waals surface area contributed by atoms with Crippen LogP contribution in [0.25, 0.3) is 0 Å². The predicted molar refractivity (Wildman–Crippen MR) is 81.9 cm³/mol. The van der Waals surface area contributed by atoms with Gasteiger partial charge >= 0.3 is 0 Å². The first-order chi connectivity index (χ1) is 9.47. The minimum Gasteiger partial charge on any atom is -0.493 e. The first kappa shape index (κ1) is 14.9. The second kappa shape index (κ2) is 5.85. The first-order valence-electron chi connectivity index (χ1n) is 6.46. The fraction of sp³-hybridized carbons (Fsp3) is 0.375. The summed E-state index contributed by atoms with van der Waals surface area (Å²) in [5.74, 6) is 1.38. The number of hydrogen-bond donors (Lipinski definition) is 1. The molecule has 1 heterocycles. The van der Waals surface area contributed by atoms with Gasteiger partial charge in [-0.05, 0) is 48.6 Å². The molecule has 2 aromatic rings. The van der Waals surface area contributed by atoms with E-state index in [-0.39, 0.29) is 0 Å². The highest BCUT2D eigenvalue weighted by atomic mass is 32.1. The van der Waals surface area contributed by atoms with E-state index < -0.39 is 5.60 Å². The van der Waals surface area contributed by atoms with Gasteiger partial charge in [0.15, 0.2) is 11.5 Å². The summed E-state index contributed by atoms with van der Waals surface area (Å²) in [6, 6.07) is 7.77. The molecule has 4 heteroatoms. The molecule has 1 atom stereocenters. The number of hydrogen-bond acceptors (Lipinski definition) is 4. The number of thiophene rings is 1. The summed E-state index contributed by atoms with van der Waals surface area (Å²) in [4.78, 5) is 1.01. The topological polar surface area (TPSA) is 38.7 Å². The highest BCUT2D eigenvalue weighted by Gasteiger charge is 2.27. The van der Waals surface area contributed by atoms with E-state index >= 15 is 0 Å². The average molecular weight is 292 g/mol. The zero-order valence-electron chi connectivity index (χ0n) is 12.3. The third kappa shape index (κ3) is 2.97. The monoisotopic (exact) mass is 292 g/mol. The van der Waals surface area contributed by atoms with Crippen molar-refractivity contribution in [3.63, 3.8) is 0 Å². The summed E-state index contributed by atoms with van der Waals surface area (Å²) < 4.78 is 10.5. The van der Waals surface area contributed by atoms with Gasteiger partial charge in [0.05, 0.1) is 14.2 Å². The lowest BCUT2D eigenvalue weighted by atomic mass is 9.93. The molecule has 1 aromatic carbocycles. The number of aryl methyl sites for hydroxylation is 1. The number of ether oxygens (including phenoxy) is 2. The lowest BCUT2D eigenvalue weighted by Gasteiger charge is -2.23. The summed E-state index contributed by atoms with van der Waals surface area (Å²) in [5.41, 5.74) is 1.26. The summed E-state index contributed by atoms with van der Waals surface area (Å²) in [5, 5.41) is 12.7. The van der Waals surface area contributed by atoms with E-state index in [1.807, 2.05) is 43.5 Å². The Morgan fingerprint density at radius 3 is 2.40 bits per heavy atom. The van der Waals surface area contributed by atoms with Crippen molar-refractivity contribution >= 4 is 11.3 Å². The van der Waals surface area contributed by atoms with E-state index in [1.54, 1.807) is 25.6 Å². The Kier molecular flexibility index (Phi) is 4.35. The Labute approximate surface area is 123 Å². The first-order valence-corrected chi connectivity index (χ1v) is 7.33. The molecule has 108 valence electrons. The quantitative estimate of drug-likeness (QED) is 0.916. The number of rotatable bonds is 5. The summed E-state index contributed by atoms with van der Waals surface area (Å²) in [7, 11) is 3.23. The van der Waals surface area contributed by atoms with Crippen LogP contribution in [0.15, 0.2) is 29.6 Å². The standard InChI is InChI=1S/C16H20O3S/c1-11-7-8-20-15(11)16(2,17)10-12-5-6-13(18-3)14(9-12)19-4/h5-9,17H,10H2,1-4H3. The van der Waals surface area contributed by atoms with Gasteiger partial charge in [-0.25, -0.2) is 0 Å². The van der Waals surface area contributed by atoms with E-state index in [0.29, 0.717) is 17.9 Å². The molecule has 1 aromatic heterocycles. The summed E-state index contributed by atoms with van der Waals surface area (Å²) in [6.07, 6.45) is 0.536. The minimum absolute atomic E-state index is 0.536. The second-order valence-electron chi connectivity index (χ2n) is 5.07. The SMILES string of the molecule is COc1ccc(CC(C)(O)c2sccc2C)cc1OC. The van der Waals surface area contributed by atoms with Crippen molar-refractivity contribution in [2.75, 3.05) is 14.2 Å². The zero-order chi connectivity index (χ0) is 14.8. The van der Waals surface area contributed by atoms with E-state index in [0.717, 1.165) is 16.0 Å². The molecule has 0 aliphatic carbocycles. The smallest absolute Gasteiger partial charge is 0.160 e. The van der Waals surface area contributed by atoms with Crippen LogP contribution in [0.2, 0.25) is 0 Å². The molecule has 2 rings (SSSR count). The van der Waals surface area contributed by atoms with Crippen molar-refractivity contribution in [1.29, 1.82) is 0 Å². The molecule has 0 spiro atoms. The molecule has 3 nitrogen and oxygen atoms in total. The molecule has 0 radical (unpaired) electrons. The maximum absolute atomic E-state index is 10.7. The Bertz CT molecular complexity index is 587. The van der Waals surface area contributed by atoms with Crippen molar-refractivity contribution < 1.29 is 14.6 Å². The summed E-state index contributed by atoms with van der Waals surface area (Å²) >= 11 is 1.59. The fourth-order valence-corrected chi connectivity index (χ4v) is 3.38. The van der Waals surface area contributed by atoms with Gasteiger partial charge in [-0.3, -0.25) is 0 Å². The lowest BCUT2D eigenvalue weighted by Crippen LogP contribution is -2.23. The number of benzene rings is 1. The van der Waals surface area contributed by atoms with Crippen LogP contribution in [-0.2, 0) is 12.0 Å². The third-order valence-electron chi connectivity index (χ3n) is 3.35. The van der Waals surface area contributed by atoms with Crippen LogP contribution < -0.4 is 9.47 Å². The van der Waals surface area contributed by atoms with E-state index in [4.69, 9.17) is 9.47 Å². The second-order valence-corrected chi connectivity index (χ2v) is 5.99. The van der Waals surface area contributed by atoms with Crippen molar-refractivity contribution in [2.45, 2.75) is 25.9 Å². The minimum atomic E-state index is -0.877. The van der Waals surface area contributed by atoms with Crippen LogP contribution in [0.3, 0.4) is 0 Å². The fourth-order valence-electron chi connectivity index (χ4n) is 2.39. The van der Waals surface area contributed by atoms with Crippen LogP contribution in [-0.4, -0.2) is 19.3 Å². The average Bonchev–Trinajstić information content (AvgIpc) is 2.85. The van der Waals surface area contributed by atoms with E-state index in [9.17, 15) is 5.11 Å². The molecule has 1 N–H and O–H groups in total. The molecule has 0 saturated heterocycles. The van der Waals surface area contributed by atoms with E-state index in [1.165, 1.54) is 0 Å². The van der Waals surface area contributed by atoms with E-state index in [2.05, 4.69) is 0 Å². The highest BCUT2D eigenvalue weighted by Crippen LogP contribution is 2.34. The Morgan fingerprint density at radius 2 is 1.85 bits per heavy atom. The maximum Gasteiger partial charge on any atom is 0.160 e. The van der Waals surface area contributed by atoms with Gasteiger partial charge in [-0.15, -0.1) is 11.3 Å². The molecule has 0 fully saturated rings. The molecule has 0 saturated carbocycles. The summed E-state index contributed by atoms with van der Waals surface area (Å²) in [6.45, 7) is 3.87. The van der Waals surface area contributed by atoms with Crippen LogP contribution in [0.5, 0.6) is 11.5 Å². The van der Waals surface area contributed by atoms with Crippen molar-refractivity contribution in [3.8, 4) is 11.5 Å². The predicted octanol–water partition coefficient (Wildman–Crippen LogP) is 3.52. The zero-order valence-corrected chi connectivity index (χ0v) is 13.1. The van der Waals surface area contributed by atoms with Crippen LogP contribution in [0, 0.1) is 6.92 Å².